The highest BCUT2D eigenvalue weighted by atomic mass is 16.1. The second kappa shape index (κ2) is 5.48. The number of nitrogens with one attached hydrogen (secondary N) is 1. The van der Waals surface area contributed by atoms with Crippen LogP contribution in [0, 0.1) is 6.92 Å². The van der Waals surface area contributed by atoms with Crippen molar-refractivity contribution in [3.05, 3.63) is 65.2 Å². The molecule has 0 heterocycles. The molecule has 0 aliphatic rings. The van der Waals surface area contributed by atoms with Gasteiger partial charge in [-0.25, -0.2) is 0 Å². The van der Waals surface area contributed by atoms with Gasteiger partial charge in [0, 0.05) is 18.1 Å². The maximum atomic E-state index is 12.4. The Morgan fingerprint density at radius 2 is 1.63 bits per heavy atom. The molecule has 3 heteroatoms. The molecule has 0 aliphatic carbocycles. The van der Waals surface area contributed by atoms with Crippen LogP contribution in [0.15, 0.2) is 48.5 Å². The van der Waals surface area contributed by atoms with Crippen LogP contribution < -0.4 is 5.32 Å². The minimum Gasteiger partial charge on any atom is -0.325 e. The molecule has 0 atom stereocenters. The second-order valence-corrected chi connectivity index (χ2v) is 4.37. The van der Waals surface area contributed by atoms with E-state index in [4.69, 9.17) is 0 Å². The van der Waals surface area contributed by atoms with Gasteiger partial charge in [-0.05, 0) is 18.6 Å². The third kappa shape index (κ3) is 2.88. The largest absolute Gasteiger partial charge is 0.325 e. The molecule has 0 aromatic heterocycles. The summed E-state index contributed by atoms with van der Waals surface area (Å²) in [6.45, 7) is 3.30. The first-order valence-corrected chi connectivity index (χ1v) is 6.06. The lowest BCUT2D eigenvalue weighted by Gasteiger charge is -2.12. The SMILES string of the molecule is CC(=O)Nc1c(C)cccc1C(=O)c1ccccc1. The molecule has 0 unspecified atom stereocenters. The maximum Gasteiger partial charge on any atom is 0.221 e. The van der Waals surface area contributed by atoms with Gasteiger partial charge < -0.3 is 5.32 Å². The van der Waals surface area contributed by atoms with Crippen molar-refractivity contribution in [2.24, 2.45) is 0 Å². The molecule has 0 saturated heterocycles. The van der Waals surface area contributed by atoms with Crippen LogP contribution in [-0.4, -0.2) is 11.7 Å². The van der Waals surface area contributed by atoms with Gasteiger partial charge in [-0.15, -0.1) is 0 Å². The van der Waals surface area contributed by atoms with Crippen molar-refractivity contribution >= 4 is 17.4 Å². The van der Waals surface area contributed by atoms with Crippen molar-refractivity contribution in [1.82, 2.24) is 0 Å². The summed E-state index contributed by atoms with van der Waals surface area (Å²) in [6, 6.07) is 14.5. The van der Waals surface area contributed by atoms with Gasteiger partial charge in [-0.1, -0.05) is 42.5 Å². The minimum absolute atomic E-state index is 0.0898. The first-order chi connectivity index (χ1) is 9.09. The fourth-order valence-electron chi connectivity index (χ4n) is 1.94. The summed E-state index contributed by atoms with van der Waals surface area (Å²) in [5.74, 6) is -0.274. The highest BCUT2D eigenvalue weighted by Crippen LogP contribution is 2.23. The zero-order chi connectivity index (χ0) is 13.8. The first kappa shape index (κ1) is 13.0. The average Bonchev–Trinajstić information content (AvgIpc) is 2.41. The number of para-hydroxylation sites is 1. The van der Waals surface area contributed by atoms with Gasteiger partial charge in [0.05, 0.1) is 5.69 Å². The van der Waals surface area contributed by atoms with Gasteiger partial charge in [-0.3, -0.25) is 9.59 Å². The number of anilines is 1. The number of rotatable bonds is 3. The standard InChI is InChI=1S/C16H15NO2/c1-11-7-6-10-14(15(11)17-12(2)18)16(19)13-8-4-3-5-9-13/h3-10H,1-2H3,(H,17,18). The Bertz CT molecular complexity index is 618. The Hall–Kier alpha value is -2.42. The summed E-state index contributed by atoms with van der Waals surface area (Å²) in [4.78, 5) is 23.7. The maximum absolute atomic E-state index is 12.4. The first-order valence-electron chi connectivity index (χ1n) is 6.06. The van der Waals surface area contributed by atoms with E-state index in [9.17, 15) is 9.59 Å². The molecule has 3 nitrogen and oxygen atoms in total. The monoisotopic (exact) mass is 253 g/mol. The van der Waals surface area contributed by atoms with E-state index < -0.39 is 0 Å². The molecule has 0 saturated carbocycles. The number of amides is 1. The molecule has 0 fully saturated rings. The van der Waals surface area contributed by atoms with Crippen LogP contribution in [0.2, 0.25) is 0 Å². The number of benzene rings is 2. The zero-order valence-electron chi connectivity index (χ0n) is 10.9. The molecule has 1 N–H and O–H groups in total. The Balaban J connectivity index is 2.48. The molecule has 2 aromatic carbocycles. The van der Waals surface area contributed by atoms with Gasteiger partial charge in [-0.2, -0.15) is 0 Å². The van der Waals surface area contributed by atoms with Gasteiger partial charge >= 0.3 is 0 Å². The molecular weight excluding hydrogens is 238 g/mol. The van der Waals surface area contributed by atoms with E-state index in [1.807, 2.05) is 37.3 Å². The Morgan fingerprint density at radius 3 is 2.26 bits per heavy atom. The molecule has 0 aliphatic heterocycles. The molecule has 1 amide bonds. The number of hydrogen-bond acceptors (Lipinski definition) is 2. The fourth-order valence-corrected chi connectivity index (χ4v) is 1.94. The predicted molar refractivity (Wildman–Crippen MR) is 75.4 cm³/mol. The Morgan fingerprint density at radius 1 is 0.947 bits per heavy atom. The Labute approximate surface area is 112 Å². The van der Waals surface area contributed by atoms with Crippen LogP contribution >= 0.6 is 0 Å². The molecule has 0 bridgehead atoms. The van der Waals surface area contributed by atoms with E-state index in [0.717, 1.165) is 5.56 Å². The summed E-state index contributed by atoms with van der Waals surface area (Å²) >= 11 is 0. The topological polar surface area (TPSA) is 46.2 Å². The van der Waals surface area contributed by atoms with Gasteiger partial charge in [0.25, 0.3) is 0 Å². The number of ketones is 1. The van der Waals surface area contributed by atoms with E-state index in [1.54, 1.807) is 18.2 Å². The van der Waals surface area contributed by atoms with Crippen LogP contribution in [0.1, 0.15) is 28.4 Å². The quantitative estimate of drug-likeness (QED) is 0.854. The van der Waals surface area contributed by atoms with Crippen LogP contribution in [0.3, 0.4) is 0 Å². The number of hydrogen-bond donors (Lipinski definition) is 1. The van der Waals surface area contributed by atoms with Crippen molar-refractivity contribution in [2.75, 3.05) is 5.32 Å². The van der Waals surface area contributed by atoms with Crippen molar-refractivity contribution in [3.8, 4) is 0 Å². The van der Waals surface area contributed by atoms with Crippen LogP contribution in [-0.2, 0) is 4.79 Å². The highest BCUT2D eigenvalue weighted by molar-refractivity contribution is 6.14. The fraction of sp³-hybridized carbons (Fsp3) is 0.125. The molecule has 2 aromatic rings. The summed E-state index contributed by atoms with van der Waals surface area (Å²) < 4.78 is 0. The van der Waals surface area contributed by atoms with Crippen molar-refractivity contribution in [3.63, 3.8) is 0 Å². The lowest BCUT2D eigenvalue weighted by molar-refractivity contribution is -0.114. The average molecular weight is 253 g/mol. The third-order valence-corrected chi connectivity index (χ3v) is 2.85. The van der Waals surface area contributed by atoms with E-state index in [-0.39, 0.29) is 11.7 Å². The number of aryl methyl sites for hydroxylation is 1. The number of carbonyl (C=O) groups excluding carboxylic acids is 2. The summed E-state index contributed by atoms with van der Waals surface area (Å²) in [6.07, 6.45) is 0. The van der Waals surface area contributed by atoms with E-state index in [1.165, 1.54) is 6.92 Å². The summed E-state index contributed by atoms with van der Waals surface area (Å²) in [5.41, 5.74) is 2.59. The third-order valence-electron chi connectivity index (χ3n) is 2.85. The zero-order valence-corrected chi connectivity index (χ0v) is 10.9. The van der Waals surface area contributed by atoms with Crippen molar-refractivity contribution in [1.29, 1.82) is 0 Å². The van der Waals surface area contributed by atoms with Crippen molar-refractivity contribution in [2.45, 2.75) is 13.8 Å². The highest BCUT2D eigenvalue weighted by Gasteiger charge is 2.15. The lowest BCUT2D eigenvalue weighted by Crippen LogP contribution is -2.13. The second-order valence-electron chi connectivity index (χ2n) is 4.37. The van der Waals surface area contributed by atoms with Gasteiger partial charge in [0.15, 0.2) is 5.78 Å². The summed E-state index contributed by atoms with van der Waals surface area (Å²) in [7, 11) is 0. The molecule has 19 heavy (non-hydrogen) atoms. The summed E-state index contributed by atoms with van der Waals surface area (Å²) in [5, 5.41) is 2.73. The van der Waals surface area contributed by atoms with Gasteiger partial charge in [0.1, 0.15) is 0 Å². The predicted octanol–water partition coefficient (Wildman–Crippen LogP) is 3.18. The van der Waals surface area contributed by atoms with E-state index in [2.05, 4.69) is 5.32 Å². The smallest absolute Gasteiger partial charge is 0.221 e. The molecular formula is C16H15NO2. The molecule has 2 rings (SSSR count). The van der Waals surface area contributed by atoms with Gasteiger partial charge in [0.2, 0.25) is 5.91 Å². The molecule has 0 radical (unpaired) electrons. The molecule has 96 valence electrons. The van der Waals surface area contributed by atoms with Crippen LogP contribution in [0.25, 0.3) is 0 Å². The molecule has 0 spiro atoms. The Kier molecular flexibility index (Phi) is 3.76. The van der Waals surface area contributed by atoms with Crippen LogP contribution in [0.5, 0.6) is 0 Å². The van der Waals surface area contributed by atoms with E-state index >= 15 is 0 Å². The van der Waals surface area contributed by atoms with Crippen molar-refractivity contribution < 1.29 is 9.59 Å². The van der Waals surface area contributed by atoms with Crippen LogP contribution in [0.4, 0.5) is 5.69 Å². The lowest BCUT2D eigenvalue weighted by atomic mass is 9.99. The number of carbonyl (C=O) groups is 2. The van der Waals surface area contributed by atoms with E-state index in [0.29, 0.717) is 16.8 Å². The minimum atomic E-state index is -0.184. The normalized spacial score (nSPS) is 10.0.